The Labute approximate surface area is 169 Å². The largest absolute Gasteiger partial charge is 0.480 e. The van der Waals surface area contributed by atoms with Crippen LogP contribution in [0.3, 0.4) is 0 Å². The summed E-state index contributed by atoms with van der Waals surface area (Å²) in [5, 5.41) is 11.0. The normalized spacial score (nSPS) is 15.0. The average Bonchev–Trinajstić information content (AvgIpc) is 3.44. The zero-order valence-electron chi connectivity index (χ0n) is 15.4. The highest BCUT2D eigenvalue weighted by Crippen LogP contribution is 2.35. The smallest absolute Gasteiger partial charge is 0.319 e. The van der Waals surface area contributed by atoms with E-state index in [9.17, 15) is 18.7 Å². The lowest BCUT2D eigenvalue weighted by molar-refractivity contribution is -0.138. The van der Waals surface area contributed by atoms with Gasteiger partial charge in [-0.05, 0) is 25.7 Å². The van der Waals surface area contributed by atoms with Crippen molar-refractivity contribution in [3.8, 4) is 11.4 Å². The van der Waals surface area contributed by atoms with Crippen LogP contribution in [0, 0.1) is 22.1 Å². The van der Waals surface area contributed by atoms with E-state index in [0.29, 0.717) is 22.5 Å². The number of H-pyrrole nitrogens is 2. The molecule has 1 unspecified atom stereocenters. The van der Waals surface area contributed by atoms with Gasteiger partial charge < -0.3 is 15.1 Å². The lowest BCUT2D eigenvalue weighted by Gasteiger charge is -2.28. The number of halogens is 2. The third-order valence-corrected chi connectivity index (χ3v) is 5.40. The number of anilines is 1. The molecule has 4 rings (SSSR count). The maximum Gasteiger partial charge on any atom is 0.319 e. The summed E-state index contributed by atoms with van der Waals surface area (Å²) in [6.07, 6.45) is 5.67. The second-order valence-corrected chi connectivity index (χ2v) is 7.43. The Kier molecular flexibility index (Phi) is 5.01. The Morgan fingerprint density at radius 2 is 2.10 bits per heavy atom. The molecule has 1 aliphatic carbocycles. The van der Waals surface area contributed by atoms with Crippen molar-refractivity contribution in [2.24, 2.45) is 5.92 Å². The summed E-state index contributed by atoms with van der Waals surface area (Å²) in [6, 6.07) is -0.111. The van der Waals surface area contributed by atoms with Gasteiger partial charge in [0.05, 0.1) is 10.7 Å². The van der Waals surface area contributed by atoms with Crippen LogP contribution in [-0.4, -0.2) is 48.6 Å². The van der Waals surface area contributed by atoms with E-state index in [-0.39, 0.29) is 28.7 Å². The molecular weight excluding hydrogens is 402 g/mol. The number of aromatic amines is 2. The van der Waals surface area contributed by atoms with Crippen LogP contribution >= 0.6 is 12.2 Å². The first kappa shape index (κ1) is 19.4. The molecule has 0 spiro atoms. The zero-order valence-corrected chi connectivity index (χ0v) is 16.2. The number of nitrogens with one attached hydrogen (secondary N) is 3. The number of aliphatic carboxylic acids is 1. The Morgan fingerprint density at radius 3 is 2.79 bits per heavy atom. The number of pyridine rings is 1. The van der Waals surface area contributed by atoms with Crippen molar-refractivity contribution in [2.45, 2.75) is 25.8 Å². The number of carboxylic acid groups (broad SMARTS) is 1. The molecule has 0 bridgehead atoms. The molecule has 3 aromatic rings. The molecule has 4 N–H and O–H groups in total. The number of nitrogens with zero attached hydrogens (tertiary/aromatic N) is 3. The zero-order chi connectivity index (χ0) is 20.7. The average molecular weight is 420 g/mol. The molecule has 1 fully saturated rings. The van der Waals surface area contributed by atoms with Crippen LogP contribution in [0.4, 0.5) is 14.6 Å². The minimum absolute atomic E-state index is 0.00714. The van der Waals surface area contributed by atoms with Crippen molar-refractivity contribution in [3.05, 3.63) is 34.7 Å². The van der Waals surface area contributed by atoms with Gasteiger partial charge >= 0.3 is 5.97 Å². The summed E-state index contributed by atoms with van der Waals surface area (Å²) in [4.78, 5) is 25.1. The molecule has 0 saturated heterocycles. The van der Waals surface area contributed by atoms with E-state index in [0.717, 1.165) is 25.2 Å². The standard InChI is InChI=1S/C18H18F2N6O2S/c1-8(9-2-3-9)26(7-13(27)28)25-17-12(20)6-22-16(24-17)10-4-21-18-14(10)15(29)11(19)5-23-18/h4-6,8-9H,2-3,7H2,1H3,(H,27,28)(H2,21,23,29)(H,22,24,25). The minimum Gasteiger partial charge on any atom is -0.480 e. The third kappa shape index (κ3) is 3.83. The fourth-order valence-electron chi connectivity index (χ4n) is 3.25. The molecule has 1 atom stereocenters. The fourth-order valence-corrected chi connectivity index (χ4v) is 3.52. The molecule has 3 heterocycles. The number of carbonyl (C=O) groups is 1. The molecule has 29 heavy (non-hydrogen) atoms. The monoisotopic (exact) mass is 420 g/mol. The van der Waals surface area contributed by atoms with E-state index < -0.39 is 17.6 Å². The van der Waals surface area contributed by atoms with Crippen molar-refractivity contribution in [3.63, 3.8) is 0 Å². The number of aromatic nitrogens is 4. The number of hydrazine groups is 1. The number of fused-ring (bicyclic) bond motifs is 1. The predicted octanol–water partition coefficient (Wildman–Crippen LogP) is 3.47. The van der Waals surface area contributed by atoms with E-state index in [1.165, 1.54) is 5.01 Å². The van der Waals surface area contributed by atoms with Crippen LogP contribution in [0.5, 0.6) is 0 Å². The lowest BCUT2D eigenvalue weighted by Crippen LogP contribution is -2.43. The van der Waals surface area contributed by atoms with Crippen molar-refractivity contribution >= 4 is 35.0 Å². The molecule has 1 saturated carbocycles. The summed E-state index contributed by atoms with van der Waals surface area (Å²) in [6.45, 7) is 1.56. The van der Waals surface area contributed by atoms with Gasteiger partial charge in [-0.1, -0.05) is 12.2 Å². The van der Waals surface area contributed by atoms with Gasteiger partial charge in [0.1, 0.15) is 12.2 Å². The Morgan fingerprint density at radius 1 is 1.38 bits per heavy atom. The number of hydrogen-bond donors (Lipinski definition) is 4. The van der Waals surface area contributed by atoms with Crippen LogP contribution in [0.15, 0.2) is 18.6 Å². The Bertz CT molecular complexity index is 1140. The lowest BCUT2D eigenvalue weighted by atomic mass is 10.2. The molecular formula is C18H18F2N6O2S. The van der Waals surface area contributed by atoms with E-state index in [1.54, 1.807) is 6.20 Å². The Balaban J connectivity index is 1.72. The van der Waals surface area contributed by atoms with Crippen LogP contribution in [-0.2, 0) is 4.79 Å². The van der Waals surface area contributed by atoms with Crippen LogP contribution in [0.1, 0.15) is 19.8 Å². The first-order chi connectivity index (χ1) is 13.8. The molecule has 0 aromatic carbocycles. The molecule has 8 nitrogen and oxygen atoms in total. The topological polar surface area (TPSA) is 110 Å². The molecule has 0 radical (unpaired) electrons. The molecule has 1 aliphatic rings. The predicted molar refractivity (Wildman–Crippen MR) is 105 cm³/mol. The van der Waals surface area contributed by atoms with E-state index in [2.05, 4.69) is 25.4 Å². The van der Waals surface area contributed by atoms with Crippen molar-refractivity contribution in [1.82, 2.24) is 24.9 Å². The second kappa shape index (κ2) is 7.48. The van der Waals surface area contributed by atoms with Gasteiger partial charge in [-0.3, -0.25) is 10.2 Å². The van der Waals surface area contributed by atoms with Gasteiger partial charge in [0.2, 0.25) is 0 Å². The van der Waals surface area contributed by atoms with Gasteiger partial charge in [-0.2, -0.15) is 0 Å². The van der Waals surface area contributed by atoms with Crippen molar-refractivity contribution < 1.29 is 18.7 Å². The molecule has 152 valence electrons. The molecule has 0 aliphatic heterocycles. The van der Waals surface area contributed by atoms with Gasteiger partial charge in [-0.25, -0.2) is 23.8 Å². The highest BCUT2D eigenvalue weighted by molar-refractivity contribution is 7.71. The molecule has 11 heteroatoms. The van der Waals surface area contributed by atoms with Crippen LogP contribution in [0.2, 0.25) is 0 Å². The summed E-state index contributed by atoms with van der Waals surface area (Å²) in [7, 11) is 0. The number of carboxylic acids is 1. The number of hydrogen-bond acceptors (Lipinski definition) is 6. The maximum absolute atomic E-state index is 14.4. The van der Waals surface area contributed by atoms with E-state index in [4.69, 9.17) is 12.2 Å². The summed E-state index contributed by atoms with van der Waals surface area (Å²) < 4.78 is 28.3. The van der Waals surface area contributed by atoms with Crippen molar-refractivity contribution in [2.75, 3.05) is 12.0 Å². The molecule has 0 amide bonds. The Hall–Kier alpha value is -2.92. The second-order valence-electron chi connectivity index (χ2n) is 7.02. The van der Waals surface area contributed by atoms with E-state index in [1.807, 2.05) is 6.92 Å². The van der Waals surface area contributed by atoms with Crippen molar-refractivity contribution in [1.29, 1.82) is 0 Å². The molecule has 3 aromatic heterocycles. The fraction of sp³-hybridized carbons (Fsp3) is 0.333. The van der Waals surface area contributed by atoms with Gasteiger partial charge in [0.15, 0.2) is 23.3 Å². The summed E-state index contributed by atoms with van der Waals surface area (Å²) >= 11 is 5.15. The first-order valence-corrected chi connectivity index (χ1v) is 9.42. The van der Waals surface area contributed by atoms with Gasteiger partial charge in [0.25, 0.3) is 0 Å². The van der Waals surface area contributed by atoms with Gasteiger partial charge in [-0.15, -0.1) is 0 Å². The first-order valence-electron chi connectivity index (χ1n) is 9.01. The highest BCUT2D eigenvalue weighted by Gasteiger charge is 2.33. The van der Waals surface area contributed by atoms with E-state index >= 15 is 0 Å². The summed E-state index contributed by atoms with van der Waals surface area (Å²) in [5.41, 5.74) is 3.68. The quantitative estimate of drug-likeness (QED) is 0.342. The minimum atomic E-state index is -1.04. The van der Waals surface area contributed by atoms with Crippen LogP contribution in [0.25, 0.3) is 22.4 Å². The summed E-state index contributed by atoms with van der Waals surface area (Å²) in [5.74, 6) is -2.06. The third-order valence-electron chi connectivity index (χ3n) is 5.00. The maximum atomic E-state index is 14.4. The van der Waals surface area contributed by atoms with Crippen LogP contribution < -0.4 is 5.43 Å². The highest BCUT2D eigenvalue weighted by atomic mass is 32.1. The number of rotatable bonds is 7. The van der Waals surface area contributed by atoms with Gasteiger partial charge in [0, 0.05) is 29.4 Å². The SMILES string of the molecule is CC(C1CC1)N(CC(=O)O)Nc1nc(-c2c[nH]c3[nH]cc(F)c(=S)c23)ncc1F.